The van der Waals surface area contributed by atoms with Crippen molar-refractivity contribution in [2.75, 3.05) is 5.32 Å². The number of hydrogen-bond donors (Lipinski definition) is 1. The molecule has 4 nitrogen and oxygen atoms in total. The van der Waals surface area contributed by atoms with Gasteiger partial charge in [-0.05, 0) is 18.9 Å². The van der Waals surface area contributed by atoms with Crippen molar-refractivity contribution in [1.82, 2.24) is 9.97 Å². The highest BCUT2D eigenvalue weighted by atomic mass is 35.5. The number of amides is 1. The molecule has 92 valence electrons. The van der Waals surface area contributed by atoms with Crippen LogP contribution in [0.3, 0.4) is 0 Å². The molecule has 0 radical (unpaired) electrons. The van der Waals surface area contributed by atoms with E-state index >= 15 is 0 Å². The van der Waals surface area contributed by atoms with Gasteiger partial charge in [-0.3, -0.25) is 10.1 Å². The molecule has 1 amide bonds. The molecule has 0 spiro atoms. The predicted molar refractivity (Wildman–Crippen MR) is 66.9 cm³/mol. The molecule has 1 aliphatic rings. The van der Waals surface area contributed by atoms with Gasteiger partial charge in [0.2, 0.25) is 11.9 Å². The highest BCUT2D eigenvalue weighted by Crippen LogP contribution is 2.36. The van der Waals surface area contributed by atoms with Crippen LogP contribution in [0.1, 0.15) is 39.0 Å². The Morgan fingerprint density at radius 3 is 2.76 bits per heavy atom. The smallest absolute Gasteiger partial charge is 0.232 e. The highest BCUT2D eigenvalue weighted by Gasteiger charge is 2.34. The molecular formula is C12H16ClN3O. The van der Waals surface area contributed by atoms with Gasteiger partial charge in [0.25, 0.3) is 0 Å². The average molecular weight is 254 g/mol. The highest BCUT2D eigenvalue weighted by molar-refractivity contribution is 6.29. The molecule has 1 N–H and O–H groups in total. The maximum atomic E-state index is 12.2. The molecule has 5 heteroatoms. The molecule has 0 bridgehead atoms. The number of anilines is 1. The van der Waals surface area contributed by atoms with Crippen LogP contribution in [0.5, 0.6) is 0 Å². The maximum Gasteiger partial charge on any atom is 0.232 e. The number of nitrogens with one attached hydrogen (secondary N) is 1. The summed E-state index contributed by atoms with van der Waals surface area (Å²) in [5, 5.41) is 3.08. The second kappa shape index (κ2) is 5.00. The number of nitrogens with zero attached hydrogens (tertiary/aromatic N) is 2. The van der Waals surface area contributed by atoms with Gasteiger partial charge in [0, 0.05) is 11.6 Å². The van der Waals surface area contributed by atoms with Gasteiger partial charge in [-0.25, -0.2) is 9.97 Å². The lowest BCUT2D eigenvalue weighted by Gasteiger charge is -2.31. The van der Waals surface area contributed by atoms with E-state index in [2.05, 4.69) is 15.3 Å². The second-order valence-electron chi connectivity index (χ2n) is 4.78. The standard InChI is InChI=1S/C12H16ClN3O/c1-12(6-3-2-4-7-12)10(17)16-11-14-8-5-9(13)15-11/h5,8H,2-4,6-7H2,1H3,(H,14,15,16,17). The second-order valence-corrected chi connectivity index (χ2v) is 5.17. The van der Waals surface area contributed by atoms with E-state index in [1.807, 2.05) is 6.92 Å². The van der Waals surface area contributed by atoms with Crippen molar-refractivity contribution >= 4 is 23.5 Å². The molecular weight excluding hydrogens is 238 g/mol. The Kier molecular flexibility index (Phi) is 3.62. The van der Waals surface area contributed by atoms with Crippen LogP contribution in [0.25, 0.3) is 0 Å². The minimum atomic E-state index is -0.288. The Labute approximate surface area is 106 Å². The molecule has 1 aliphatic carbocycles. The largest absolute Gasteiger partial charge is 0.294 e. The third-order valence-electron chi connectivity index (χ3n) is 3.35. The summed E-state index contributed by atoms with van der Waals surface area (Å²) in [6.07, 6.45) is 6.84. The van der Waals surface area contributed by atoms with E-state index in [1.54, 1.807) is 6.07 Å². The first-order valence-electron chi connectivity index (χ1n) is 5.90. The Bertz CT molecular complexity index is 416. The van der Waals surface area contributed by atoms with Gasteiger partial charge in [-0.2, -0.15) is 0 Å². The number of halogens is 1. The first kappa shape index (κ1) is 12.3. The molecule has 0 aliphatic heterocycles. The van der Waals surface area contributed by atoms with Crippen LogP contribution in [0.2, 0.25) is 5.15 Å². The summed E-state index contributed by atoms with van der Waals surface area (Å²) in [5.74, 6) is 0.286. The molecule has 1 aromatic heterocycles. The van der Waals surface area contributed by atoms with Crippen LogP contribution in [-0.4, -0.2) is 15.9 Å². The van der Waals surface area contributed by atoms with Crippen molar-refractivity contribution in [3.63, 3.8) is 0 Å². The van der Waals surface area contributed by atoms with Crippen molar-refractivity contribution in [3.8, 4) is 0 Å². The summed E-state index contributed by atoms with van der Waals surface area (Å²) in [5.41, 5.74) is -0.288. The summed E-state index contributed by atoms with van der Waals surface area (Å²) < 4.78 is 0. The van der Waals surface area contributed by atoms with Crippen LogP contribution >= 0.6 is 11.6 Å². The first-order chi connectivity index (χ1) is 8.10. The zero-order valence-corrected chi connectivity index (χ0v) is 10.6. The summed E-state index contributed by atoms with van der Waals surface area (Å²) in [7, 11) is 0. The van der Waals surface area contributed by atoms with E-state index in [1.165, 1.54) is 12.6 Å². The van der Waals surface area contributed by atoms with Crippen LogP contribution < -0.4 is 5.32 Å². The van der Waals surface area contributed by atoms with Gasteiger partial charge >= 0.3 is 0 Å². The first-order valence-corrected chi connectivity index (χ1v) is 6.28. The minimum Gasteiger partial charge on any atom is -0.294 e. The van der Waals surface area contributed by atoms with E-state index in [-0.39, 0.29) is 17.3 Å². The molecule has 2 rings (SSSR count). The number of aromatic nitrogens is 2. The van der Waals surface area contributed by atoms with Gasteiger partial charge in [0.1, 0.15) is 5.15 Å². The van der Waals surface area contributed by atoms with Gasteiger partial charge in [0.15, 0.2) is 0 Å². The topological polar surface area (TPSA) is 54.9 Å². The van der Waals surface area contributed by atoms with E-state index in [4.69, 9.17) is 11.6 Å². The van der Waals surface area contributed by atoms with Gasteiger partial charge in [-0.1, -0.05) is 37.8 Å². The van der Waals surface area contributed by atoms with Gasteiger partial charge in [0.05, 0.1) is 0 Å². The fourth-order valence-corrected chi connectivity index (χ4v) is 2.34. The van der Waals surface area contributed by atoms with Crippen molar-refractivity contribution < 1.29 is 4.79 Å². The number of carbonyl (C=O) groups is 1. The molecule has 17 heavy (non-hydrogen) atoms. The van der Waals surface area contributed by atoms with E-state index < -0.39 is 0 Å². The van der Waals surface area contributed by atoms with Crippen LogP contribution in [0.4, 0.5) is 5.95 Å². The normalized spacial score (nSPS) is 18.7. The minimum absolute atomic E-state index is 0.000494. The lowest BCUT2D eigenvalue weighted by molar-refractivity contribution is -0.126. The maximum absolute atomic E-state index is 12.2. The van der Waals surface area contributed by atoms with Crippen LogP contribution in [-0.2, 0) is 4.79 Å². The molecule has 0 aromatic carbocycles. The molecule has 1 heterocycles. The van der Waals surface area contributed by atoms with Crippen molar-refractivity contribution in [1.29, 1.82) is 0 Å². The number of rotatable bonds is 2. The van der Waals surface area contributed by atoms with E-state index in [0.717, 1.165) is 25.7 Å². The summed E-state index contributed by atoms with van der Waals surface area (Å²) in [4.78, 5) is 20.1. The summed E-state index contributed by atoms with van der Waals surface area (Å²) in [6, 6.07) is 1.58. The molecule has 1 aromatic rings. The summed E-state index contributed by atoms with van der Waals surface area (Å²) in [6.45, 7) is 2.01. The van der Waals surface area contributed by atoms with E-state index in [9.17, 15) is 4.79 Å². The molecule has 0 atom stereocenters. The Morgan fingerprint density at radius 1 is 1.41 bits per heavy atom. The Balaban J connectivity index is 2.05. The van der Waals surface area contributed by atoms with Gasteiger partial charge in [-0.15, -0.1) is 0 Å². The molecule has 1 fully saturated rings. The third-order valence-corrected chi connectivity index (χ3v) is 3.56. The van der Waals surface area contributed by atoms with Gasteiger partial charge < -0.3 is 0 Å². The fraction of sp³-hybridized carbons (Fsp3) is 0.583. The molecule has 0 saturated heterocycles. The monoisotopic (exact) mass is 253 g/mol. The molecule has 1 saturated carbocycles. The quantitative estimate of drug-likeness (QED) is 0.825. The molecule has 0 unspecified atom stereocenters. The van der Waals surface area contributed by atoms with E-state index in [0.29, 0.717) is 5.15 Å². The van der Waals surface area contributed by atoms with Crippen LogP contribution in [0, 0.1) is 5.41 Å². The lowest BCUT2D eigenvalue weighted by Crippen LogP contribution is -2.35. The van der Waals surface area contributed by atoms with Crippen molar-refractivity contribution in [3.05, 3.63) is 17.4 Å². The fourth-order valence-electron chi connectivity index (χ4n) is 2.21. The van der Waals surface area contributed by atoms with Crippen molar-refractivity contribution in [2.24, 2.45) is 5.41 Å². The zero-order chi connectivity index (χ0) is 12.3. The zero-order valence-electron chi connectivity index (χ0n) is 9.87. The third kappa shape index (κ3) is 2.94. The van der Waals surface area contributed by atoms with Crippen molar-refractivity contribution in [2.45, 2.75) is 39.0 Å². The predicted octanol–water partition coefficient (Wildman–Crippen LogP) is 3.04. The lowest BCUT2D eigenvalue weighted by atomic mass is 9.75. The van der Waals surface area contributed by atoms with Crippen LogP contribution in [0.15, 0.2) is 12.3 Å². The number of hydrogen-bond acceptors (Lipinski definition) is 3. The summed E-state index contributed by atoms with van der Waals surface area (Å²) >= 11 is 5.75. The average Bonchev–Trinajstić information content (AvgIpc) is 2.30. The Morgan fingerprint density at radius 2 is 2.12 bits per heavy atom. The SMILES string of the molecule is CC1(C(=O)Nc2nccc(Cl)n2)CCCCC1. The Hall–Kier alpha value is -1.16. The number of carbonyl (C=O) groups excluding carboxylic acids is 1.